The van der Waals surface area contributed by atoms with Crippen molar-refractivity contribution in [1.82, 2.24) is 9.78 Å². The molecule has 0 fully saturated rings. The van der Waals surface area contributed by atoms with E-state index < -0.39 is 24.2 Å². The molecule has 2 aromatic carbocycles. The Morgan fingerprint density at radius 2 is 1.91 bits per heavy atom. The summed E-state index contributed by atoms with van der Waals surface area (Å²) < 4.78 is 47.6. The van der Waals surface area contributed by atoms with Gasteiger partial charge in [0, 0.05) is 18.2 Å². The lowest BCUT2D eigenvalue weighted by Gasteiger charge is -2.33. The van der Waals surface area contributed by atoms with Gasteiger partial charge in [-0.1, -0.05) is 24.3 Å². The average molecular weight is 444 g/mol. The number of carbonyl (C=O) groups excluding carboxylic acids is 1. The third-order valence-corrected chi connectivity index (χ3v) is 5.79. The quantitative estimate of drug-likeness (QED) is 0.564. The van der Waals surface area contributed by atoms with Crippen LogP contribution >= 0.6 is 0 Å². The van der Waals surface area contributed by atoms with Crippen molar-refractivity contribution < 1.29 is 22.7 Å². The van der Waals surface area contributed by atoms with Gasteiger partial charge in [0.15, 0.2) is 11.7 Å². The maximum atomic E-state index is 13.9. The van der Waals surface area contributed by atoms with E-state index in [1.54, 1.807) is 36.4 Å². The topological polar surface area (TPSA) is 68.2 Å². The summed E-state index contributed by atoms with van der Waals surface area (Å²) in [7, 11) is 1.52. The van der Waals surface area contributed by atoms with E-state index in [9.17, 15) is 18.0 Å². The fourth-order valence-corrected chi connectivity index (χ4v) is 3.81. The van der Waals surface area contributed by atoms with E-state index in [1.165, 1.54) is 13.2 Å². The van der Waals surface area contributed by atoms with Gasteiger partial charge >= 0.3 is 6.18 Å². The standard InChI is InChI=1S/C23H23F3N4O2/c1-13-5-4-6-17(14(13)2)28-22(31)19-12-21-27-18(15-7-9-16(32-3)10-8-15)11-20(23(24,25)26)30(21)29-19/h4-10,12,18,20,27H,11H2,1-3H3,(H,28,31)/t18-,20+/m1/s1. The van der Waals surface area contributed by atoms with Gasteiger partial charge in [-0.2, -0.15) is 18.3 Å². The van der Waals surface area contributed by atoms with Gasteiger partial charge in [-0.05, 0) is 48.7 Å². The Kier molecular flexibility index (Phi) is 5.58. The van der Waals surface area contributed by atoms with Crippen molar-refractivity contribution >= 4 is 17.4 Å². The highest BCUT2D eigenvalue weighted by Gasteiger charge is 2.46. The number of nitrogens with one attached hydrogen (secondary N) is 2. The zero-order chi connectivity index (χ0) is 23.0. The van der Waals surface area contributed by atoms with Crippen LogP contribution in [0.25, 0.3) is 0 Å². The molecule has 4 rings (SSSR count). The first-order valence-corrected chi connectivity index (χ1v) is 10.1. The van der Waals surface area contributed by atoms with E-state index in [0.717, 1.165) is 15.8 Å². The summed E-state index contributed by atoms with van der Waals surface area (Å²) in [6.45, 7) is 3.78. The van der Waals surface area contributed by atoms with Crippen LogP contribution < -0.4 is 15.4 Å². The lowest BCUT2D eigenvalue weighted by atomic mass is 9.97. The lowest BCUT2D eigenvalue weighted by Crippen LogP contribution is -2.35. The number of rotatable bonds is 4. The van der Waals surface area contributed by atoms with Crippen molar-refractivity contribution in [3.05, 3.63) is 70.9 Å². The smallest absolute Gasteiger partial charge is 0.410 e. The maximum Gasteiger partial charge on any atom is 0.410 e. The van der Waals surface area contributed by atoms with Crippen LogP contribution in [0.5, 0.6) is 5.75 Å². The molecular formula is C23H23F3N4O2. The summed E-state index contributed by atoms with van der Waals surface area (Å²) in [5.41, 5.74) is 3.08. The van der Waals surface area contributed by atoms with E-state index in [4.69, 9.17) is 4.74 Å². The minimum atomic E-state index is -4.52. The first-order chi connectivity index (χ1) is 15.2. The normalized spacial score (nSPS) is 17.9. The van der Waals surface area contributed by atoms with Crippen LogP contribution in [0, 0.1) is 13.8 Å². The number of ether oxygens (including phenoxy) is 1. The van der Waals surface area contributed by atoms with Gasteiger partial charge in [-0.25, -0.2) is 4.68 Å². The first kappa shape index (κ1) is 21.7. The van der Waals surface area contributed by atoms with Crippen molar-refractivity contribution in [3.63, 3.8) is 0 Å². The van der Waals surface area contributed by atoms with Gasteiger partial charge in [-0.15, -0.1) is 0 Å². The van der Waals surface area contributed by atoms with Crippen molar-refractivity contribution in [2.24, 2.45) is 0 Å². The number of alkyl halides is 3. The molecule has 2 atom stereocenters. The number of carbonyl (C=O) groups is 1. The number of anilines is 2. The first-order valence-electron chi connectivity index (χ1n) is 10.1. The third kappa shape index (κ3) is 4.15. The molecule has 2 N–H and O–H groups in total. The Labute approximate surface area is 183 Å². The molecular weight excluding hydrogens is 421 g/mol. The van der Waals surface area contributed by atoms with E-state index >= 15 is 0 Å². The molecule has 32 heavy (non-hydrogen) atoms. The number of hydrogen-bond acceptors (Lipinski definition) is 4. The van der Waals surface area contributed by atoms with Gasteiger partial charge in [-0.3, -0.25) is 4.79 Å². The Morgan fingerprint density at radius 1 is 1.19 bits per heavy atom. The highest BCUT2D eigenvalue weighted by atomic mass is 19.4. The fraction of sp³-hybridized carbons (Fsp3) is 0.304. The SMILES string of the molecule is COc1ccc([C@H]2C[C@@H](C(F)(F)F)n3nc(C(=O)Nc4cccc(C)c4C)cc3N2)cc1. The lowest BCUT2D eigenvalue weighted by molar-refractivity contribution is -0.173. The minimum Gasteiger partial charge on any atom is -0.497 e. The molecule has 6 nitrogen and oxygen atoms in total. The van der Waals surface area contributed by atoms with E-state index in [0.29, 0.717) is 17.0 Å². The molecule has 168 valence electrons. The van der Waals surface area contributed by atoms with Gasteiger partial charge in [0.05, 0.1) is 13.2 Å². The number of hydrogen-bond donors (Lipinski definition) is 2. The Hall–Kier alpha value is -3.49. The van der Waals surface area contributed by atoms with Crippen LogP contribution in [0.1, 0.15) is 45.7 Å². The molecule has 0 radical (unpaired) electrons. The largest absolute Gasteiger partial charge is 0.497 e. The van der Waals surface area contributed by atoms with Gasteiger partial charge in [0.25, 0.3) is 5.91 Å². The molecule has 0 unspecified atom stereocenters. The summed E-state index contributed by atoms with van der Waals surface area (Å²) in [5, 5.41) is 9.84. The Balaban J connectivity index is 1.64. The zero-order valence-corrected chi connectivity index (χ0v) is 17.8. The fourth-order valence-electron chi connectivity index (χ4n) is 3.81. The Bertz CT molecular complexity index is 1140. The zero-order valence-electron chi connectivity index (χ0n) is 17.8. The van der Waals surface area contributed by atoms with Crippen LogP contribution in [-0.2, 0) is 0 Å². The molecule has 0 bridgehead atoms. The van der Waals surface area contributed by atoms with Gasteiger partial charge < -0.3 is 15.4 Å². The summed E-state index contributed by atoms with van der Waals surface area (Å²) in [4.78, 5) is 12.8. The van der Waals surface area contributed by atoms with Crippen molar-refractivity contribution in [2.75, 3.05) is 17.7 Å². The molecule has 1 aliphatic heterocycles. The van der Waals surface area contributed by atoms with E-state index in [2.05, 4.69) is 15.7 Å². The highest BCUT2D eigenvalue weighted by Crippen LogP contribution is 2.43. The van der Waals surface area contributed by atoms with E-state index in [-0.39, 0.29) is 17.9 Å². The van der Waals surface area contributed by atoms with E-state index in [1.807, 2.05) is 19.9 Å². The highest BCUT2D eigenvalue weighted by molar-refractivity contribution is 6.03. The maximum absolute atomic E-state index is 13.9. The number of aromatic nitrogens is 2. The summed E-state index contributed by atoms with van der Waals surface area (Å²) in [5.74, 6) is 0.196. The van der Waals surface area contributed by atoms with Gasteiger partial charge in [0.2, 0.25) is 0 Å². The van der Waals surface area contributed by atoms with Crippen molar-refractivity contribution in [2.45, 2.75) is 38.5 Å². The van der Waals surface area contributed by atoms with Crippen LogP contribution in [0.15, 0.2) is 48.5 Å². The summed E-state index contributed by atoms with van der Waals surface area (Å²) in [6.07, 6.45) is -4.77. The predicted octanol–water partition coefficient (Wildman–Crippen LogP) is 5.42. The summed E-state index contributed by atoms with van der Waals surface area (Å²) in [6, 6.07) is 11.2. The average Bonchev–Trinajstić information content (AvgIpc) is 3.20. The molecule has 0 saturated carbocycles. The molecule has 1 aromatic heterocycles. The van der Waals surface area contributed by atoms with Gasteiger partial charge in [0.1, 0.15) is 11.6 Å². The molecule has 1 amide bonds. The molecule has 0 saturated heterocycles. The molecule has 0 aliphatic carbocycles. The minimum absolute atomic E-state index is 0.0852. The van der Waals surface area contributed by atoms with Crippen LogP contribution in [0.2, 0.25) is 0 Å². The predicted molar refractivity (Wildman–Crippen MR) is 115 cm³/mol. The second-order valence-electron chi connectivity index (χ2n) is 7.82. The number of halogens is 3. The summed E-state index contributed by atoms with van der Waals surface area (Å²) >= 11 is 0. The number of fused-ring (bicyclic) bond motifs is 1. The number of amides is 1. The number of aryl methyl sites for hydroxylation is 1. The molecule has 3 aromatic rings. The Morgan fingerprint density at radius 3 is 2.56 bits per heavy atom. The number of methoxy groups -OCH3 is 1. The molecule has 2 heterocycles. The molecule has 0 spiro atoms. The molecule has 9 heteroatoms. The third-order valence-electron chi connectivity index (χ3n) is 5.79. The molecule has 1 aliphatic rings. The number of nitrogens with zero attached hydrogens (tertiary/aromatic N) is 2. The van der Waals surface area contributed by atoms with Crippen LogP contribution in [0.3, 0.4) is 0 Å². The van der Waals surface area contributed by atoms with Crippen molar-refractivity contribution in [3.8, 4) is 5.75 Å². The van der Waals surface area contributed by atoms with Crippen LogP contribution in [-0.4, -0.2) is 29.0 Å². The second-order valence-corrected chi connectivity index (χ2v) is 7.82. The monoisotopic (exact) mass is 444 g/mol. The number of benzene rings is 2. The van der Waals surface area contributed by atoms with Crippen molar-refractivity contribution in [1.29, 1.82) is 0 Å². The second kappa shape index (κ2) is 8.22. The van der Waals surface area contributed by atoms with Crippen LogP contribution in [0.4, 0.5) is 24.7 Å².